The molecule has 0 bridgehead atoms. The van der Waals surface area contributed by atoms with E-state index in [9.17, 15) is 14.0 Å². The smallest absolute Gasteiger partial charge is 0.335 e. The second-order valence-electron chi connectivity index (χ2n) is 4.50. The molecule has 0 aliphatic carbocycles. The lowest BCUT2D eigenvalue weighted by Gasteiger charge is -2.14. The Morgan fingerprint density at radius 3 is 2.70 bits per heavy atom. The first-order valence-corrected chi connectivity index (χ1v) is 6.48. The number of rotatable bonds is 7. The van der Waals surface area contributed by atoms with E-state index in [0.717, 1.165) is 12.5 Å². The molecule has 1 aromatic carbocycles. The van der Waals surface area contributed by atoms with Crippen LogP contribution in [0.15, 0.2) is 18.2 Å². The Balaban J connectivity index is 2.62. The summed E-state index contributed by atoms with van der Waals surface area (Å²) in [5.41, 5.74) is 0.242. The van der Waals surface area contributed by atoms with Gasteiger partial charge in [0.25, 0.3) is 0 Å². The predicted octanol–water partition coefficient (Wildman–Crippen LogP) is 1.53. The van der Waals surface area contributed by atoms with Crippen LogP contribution in [0.1, 0.15) is 36.2 Å². The van der Waals surface area contributed by atoms with Gasteiger partial charge in [-0.05, 0) is 31.5 Å². The number of carbonyl (C=O) groups is 2. The van der Waals surface area contributed by atoms with Crippen LogP contribution in [0.2, 0.25) is 0 Å². The Hall–Kier alpha value is -1.95. The minimum absolute atomic E-state index is 0.0197. The highest BCUT2D eigenvalue weighted by Gasteiger charge is 2.13. The lowest BCUT2D eigenvalue weighted by molar-refractivity contribution is -0.122. The van der Waals surface area contributed by atoms with Crippen LogP contribution >= 0.6 is 0 Å². The molecule has 1 amide bonds. The first kappa shape index (κ1) is 16.1. The lowest BCUT2D eigenvalue weighted by atomic mass is 10.1. The number of carbonyl (C=O) groups excluding carboxylic acids is 1. The van der Waals surface area contributed by atoms with E-state index >= 15 is 0 Å². The zero-order valence-electron chi connectivity index (χ0n) is 11.6. The van der Waals surface area contributed by atoms with Crippen LogP contribution in [-0.4, -0.2) is 29.6 Å². The monoisotopic (exact) mass is 282 g/mol. The van der Waals surface area contributed by atoms with Crippen LogP contribution in [0, 0.1) is 5.82 Å². The number of amides is 1. The van der Waals surface area contributed by atoms with Crippen LogP contribution in [0.4, 0.5) is 4.39 Å². The number of aromatic carboxylic acids is 1. The second-order valence-corrected chi connectivity index (χ2v) is 4.50. The average molecular weight is 282 g/mol. The quantitative estimate of drug-likeness (QED) is 0.708. The van der Waals surface area contributed by atoms with Crippen molar-refractivity contribution in [2.24, 2.45) is 0 Å². The maximum atomic E-state index is 13.6. The largest absolute Gasteiger partial charge is 0.478 e. The van der Waals surface area contributed by atoms with Crippen LogP contribution in [0.3, 0.4) is 0 Å². The number of carboxylic acids is 1. The minimum atomic E-state index is -1.11. The maximum Gasteiger partial charge on any atom is 0.335 e. The predicted molar refractivity (Wildman–Crippen MR) is 73.0 cm³/mol. The molecule has 1 rings (SSSR count). The summed E-state index contributed by atoms with van der Waals surface area (Å²) in [6.07, 6.45) is 0.841. The van der Waals surface area contributed by atoms with Gasteiger partial charge in [0.2, 0.25) is 5.91 Å². The van der Waals surface area contributed by atoms with Crippen molar-refractivity contribution in [2.75, 3.05) is 6.54 Å². The van der Waals surface area contributed by atoms with Crippen molar-refractivity contribution in [3.63, 3.8) is 0 Å². The maximum absolute atomic E-state index is 13.6. The molecule has 0 radical (unpaired) electrons. The molecule has 0 spiro atoms. The highest BCUT2D eigenvalue weighted by Crippen LogP contribution is 2.11. The van der Waals surface area contributed by atoms with E-state index in [-0.39, 0.29) is 23.6 Å². The third-order valence-electron chi connectivity index (χ3n) is 2.83. The van der Waals surface area contributed by atoms with E-state index in [1.165, 1.54) is 12.1 Å². The van der Waals surface area contributed by atoms with Crippen LogP contribution in [0.25, 0.3) is 0 Å². The molecule has 3 N–H and O–H groups in total. The number of nitrogens with one attached hydrogen (secondary N) is 2. The van der Waals surface area contributed by atoms with Gasteiger partial charge in [0.05, 0.1) is 11.6 Å². The fourth-order valence-corrected chi connectivity index (χ4v) is 1.60. The van der Waals surface area contributed by atoms with Crippen LogP contribution in [-0.2, 0) is 11.3 Å². The van der Waals surface area contributed by atoms with Gasteiger partial charge in [-0.2, -0.15) is 0 Å². The summed E-state index contributed by atoms with van der Waals surface area (Å²) in [6.45, 7) is 4.30. The molecule has 0 fully saturated rings. The zero-order valence-corrected chi connectivity index (χ0v) is 11.6. The first-order chi connectivity index (χ1) is 9.45. The van der Waals surface area contributed by atoms with Gasteiger partial charge in [-0.15, -0.1) is 0 Å². The van der Waals surface area contributed by atoms with Crippen molar-refractivity contribution in [2.45, 2.75) is 32.9 Å². The third kappa shape index (κ3) is 4.62. The molecule has 1 unspecified atom stereocenters. The van der Waals surface area contributed by atoms with Gasteiger partial charge in [-0.1, -0.05) is 6.92 Å². The highest BCUT2D eigenvalue weighted by molar-refractivity contribution is 5.87. The molecule has 0 aliphatic heterocycles. The summed E-state index contributed by atoms with van der Waals surface area (Å²) in [7, 11) is 0. The fraction of sp³-hybridized carbons (Fsp3) is 0.429. The first-order valence-electron chi connectivity index (χ1n) is 6.48. The number of carboxylic acid groups (broad SMARTS) is 1. The summed E-state index contributed by atoms with van der Waals surface area (Å²) < 4.78 is 13.6. The highest BCUT2D eigenvalue weighted by atomic mass is 19.1. The van der Waals surface area contributed by atoms with E-state index in [0.29, 0.717) is 6.54 Å². The third-order valence-corrected chi connectivity index (χ3v) is 2.83. The van der Waals surface area contributed by atoms with Gasteiger partial charge in [0.15, 0.2) is 0 Å². The Morgan fingerprint density at radius 1 is 1.40 bits per heavy atom. The molecular weight excluding hydrogens is 263 g/mol. The molecule has 6 heteroatoms. The summed E-state index contributed by atoms with van der Waals surface area (Å²) in [5, 5.41) is 14.4. The molecule has 0 aliphatic rings. The Morgan fingerprint density at radius 2 is 2.10 bits per heavy atom. The molecule has 1 aromatic rings. The van der Waals surface area contributed by atoms with Crippen LogP contribution in [0.5, 0.6) is 0 Å². The summed E-state index contributed by atoms with van der Waals surface area (Å²) >= 11 is 0. The molecule has 110 valence electrons. The molecule has 0 heterocycles. The summed E-state index contributed by atoms with van der Waals surface area (Å²) in [6, 6.07) is 3.11. The van der Waals surface area contributed by atoms with E-state index in [1.54, 1.807) is 6.92 Å². The number of hydrogen-bond acceptors (Lipinski definition) is 3. The van der Waals surface area contributed by atoms with Gasteiger partial charge in [-0.25, -0.2) is 9.18 Å². The van der Waals surface area contributed by atoms with Gasteiger partial charge >= 0.3 is 5.97 Å². The van der Waals surface area contributed by atoms with E-state index in [1.807, 2.05) is 6.92 Å². The topological polar surface area (TPSA) is 78.4 Å². The molecule has 1 atom stereocenters. The number of benzene rings is 1. The van der Waals surface area contributed by atoms with Crippen molar-refractivity contribution < 1.29 is 19.1 Å². The van der Waals surface area contributed by atoms with E-state index < -0.39 is 17.8 Å². The van der Waals surface area contributed by atoms with Crippen molar-refractivity contribution in [1.29, 1.82) is 0 Å². The minimum Gasteiger partial charge on any atom is -0.478 e. The average Bonchev–Trinajstić information content (AvgIpc) is 2.43. The van der Waals surface area contributed by atoms with Gasteiger partial charge in [0, 0.05) is 18.7 Å². The van der Waals surface area contributed by atoms with E-state index in [2.05, 4.69) is 10.6 Å². The van der Waals surface area contributed by atoms with Crippen LogP contribution < -0.4 is 10.6 Å². The standard InChI is InChI=1S/C14H19FN2O3/c1-3-6-16-13(18)9(2)17-8-11-7-10(14(19)20)4-5-12(11)15/h4-5,7,9,17H,3,6,8H2,1-2H3,(H,16,18)(H,19,20). The van der Waals surface area contributed by atoms with Crippen molar-refractivity contribution in [3.8, 4) is 0 Å². The number of hydrogen-bond donors (Lipinski definition) is 3. The van der Waals surface area contributed by atoms with Gasteiger partial charge < -0.3 is 15.7 Å². The summed E-state index contributed by atoms with van der Waals surface area (Å²) in [4.78, 5) is 22.4. The van der Waals surface area contributed by atoms with Crippen molar-refractivity contribution >= 4 is 11.9 Å². The van der Waals surface area contributed by atoms with Crippen molar-refractivity contribution in [1.82, 2.24) is 10.6 Å². The number of halogens is 1. The molecule has 20 heavy (non-hydrogen) atoms. The van der Waals surface area contributed by atoms with Crippen molar-refractivity contribution in [3.05, 3.63) is 35.1 Å². The molecular formula is C14H19FN2O3. The molecule has 0 saturated carbocycles. The molecule has 0 saturated heterocycles. The molecule has 5 nitrogen and oxygen atoms in total. The second kappa shape index (κ2) is 7.59. The van der Waals surface area contributed by atoms with E-state index in [4.69, 9.17) is 5.11 Å². The summed E-state index contributed by atoms with van der Waals surface area (Å²) in [5.74, 6) is -1.77. The Labute approximate surface area is 117 Å². The fourth-order valence-electron chi connectivity index (χ4n) is 1.60. The lowest BCUT2D eigenvalue weighted by Crippen LogP contribution is -2.42. The van der Waals surface area contributed by atoms with Gasteiger partial charge in [0.1, 0.15) is 5.82 Å². The molecule has 0 aromatic heterocycles. The Bertz CT molecular complexity index is 491. The zero-order chi connectivity index (χ0) is 15.1. The van der Waals surface area contributed by atoms with Gasteiger partial charge in [-0.3, -0.25) is 4.79 Å². The normalized spacial score (nSPS) is 11.9. The SMILES string of the molecule is CCCNC(=O)C(C)NCc1cc(C(=O)O)ccc1F. The Kier molecular flexibility index (Phi) is 6.11.